The maximum atomic E-state index is 13.6. The van der Waals surface area contributed by atoms with E-state index < -0.39 is 48.5 Å². The van der Waals surface area contributed by atoms with Crippen molar-refractivity contribution in [1.29, 1.82) is 0 Å². The van der Waals surface area contributed by atoms with Crippen molar-refractivity contribution >= 4 is 42.4 Å². The van der Waals surface area contributed by atoms with Crippen molar-refractivity contribution in [3.05, 3.63) is 0 Å². The van der Waals surface area contributed by atoms with E-state index in [-0.39, 0.29) is 90.8 Å². The van der Waals surface area contributed by atoms with Crippen LogP contribution in [0.2, 0.25) is 0 Å². The van der Waals surface area contributed by atoms with Gasteiger partial charge in [-0.3, -0.25) is 24.0 Å². The number of hydrogen-bond acceptors (Lipinski definition) is 10. The molecule has 47 heavy (non-hydrogen) atoms. The topological polar surface area (TPSA) is 199 Å². The molecule has 15 atom stereocenters. The first-order valence-electron chi connectivity index (χ1n) is 16.7. The summed E-state index contributed by atoms with van der Waals surface area (Å²) in [5.41, 5.74) is 5.94. The molecule has 14 nitrogen and oxygen atoms in total. The number of nitrogens with one attached hydrogen (secondary N) is 5. The summed E-state index contributed by atoms with van der Waals surface area (Å²) in [6.07, 6.45) is -3.99. The second-order valence-corrected chi connectivity index (χ2v) is 14.2. The third-order valence-corrected chi connectivity index (χ3v) is 11.3. The summed E-state index contributed by atoms with van der Waals surface area (Å²) >= 11 is 3.89. The van der Waals surface area contributed by atoms with E-state index in [1.807, 2.05) is 41.5 Å². The fourth-order valence-electron chi connectivity index (χ4n) is 7.25. The summed E-state index contributed by atoms with van der Waals surface area (Å²) < 4.78 is 20.9. The molecule has 3 saturated heterocycles. The minimum Gasteiger partial charge on any atom is -0.363 e. The molecular formula is C32H56N6O8S. The minimum absolute atomic E-state index is 0.0252. The van der Waals surface area contributed by atoms with Crippen LogP contribution in [0.15, 0.2) is 0 Å². The van der Waals surface area contributed by atoms with E-state index in [2.05, 4.69) is 45.7 Å². The summed E-state index contributed by atoms with van der Waals surface area (Å²) in [4.78, 5) is 63.5. The van der Waals surface area contributed by atoms with Crippen molar-refractivity contribution in [3.8, 4) is 0 Å². The van der Waals surface area contributed by atoms with Gasteiger partial charge in [0.25, 0.3) is 11.8 Å². The summed E-state index contributed by atoms with van der Waals surface area (Å²) in [7, 11) is 0. The van der Waals surface area contributed by atoms with Gasteiger partial charge in [0.05, 0.1) is 30.4 Å². The highest BCUT2D eigenvalue weighted by Gasteiger charge is 2.48. The first-order valence-corrected chi connectivity index (χ1v) is 17.2. The molecule has 3 aliphatic heterocycles. The standard InChI is InChI=1S/C32H56N6O8S/c1-13-14(2)23(11-35-31(42)28-25(36-20(8)39)17(5)15(3)22(10-33)44-28)45-27(19(13)7)30(41)34-12-24-16(4)18(6)26(37-21(9)40)29(46-24)32(43)38-47/h13-19,22-29,47H,10-12,33H2,1-9H3,(H,34,41)(H,35,42)(H,36,39)(H,37,40)(H,38,43)/t13?,14?,15?,16?,17?,18?,19?,22?,23-,24-,25?,26?,27?,28-,29-/m1/s1. The van der Waals surface area contributed by atoms with E-state index in [0.717, 1.165) is 0 Å². The maximum Gasteiger partial charge on any atom is 0.260 e. The van der Waals surface area contributed by atoms with Gasteiger partial charge in [-0.1, -0.05) is 61.3 Å². The zero-order valence-corrected chi connectivity index (χ0v) is 30.0. The Hall–Kier alpha value is -2.46. The van der Waals surface area contributed by atoms with Crippen molar-refractivity contribution in [2.45, 2.75) is 111 Å². The second-order valence-electron chi connectivity index (χ2n) is 14.0. The molecule has 15 heteroatoms. The second kappa shape index (κ2) is 16.8. The summed E-state index contributed by atoms with van der Waals surface area (Å²) in [5, 5.41) is 11.6. The first-order chi connectivity index (χ1) is 22.0. The van der Waals surface area contributed by atoms with E-state index in [0.29, 0.717) is 0 Å². The van der Waals surface area contributed by atoms with Crippen LogP contribution in [0.4, 0.5) is 0 Å². The first kappa shape index (κ1) is 39.0. The number of ether oxygens (including phenoxy) is 3. The molecule has 0 aromatic heterocycles. The normalized spacial score (nSPS) is 40.4. The number of thiol groups is 1. The number of amides is 5. The molecule has 7 N–H and O–H groups in total. The third kappa shape index (κ3) is 8.97. The van der Waals surface area contributed by atoms with E-state index in [1.54, 1.807) is 0 Å². The van der Waals surface area contributed by atoms with Crippen LogP contribution in [0.3, 0.4) is 0 Å². The van der Waals surface area contributed by atoms with Crippen LogP contribution in [-0.4, -0.2) is 97.9 Å². The Bertz CT molecular complexity index is 1150. The van der Waals surface area contributed by atoms with E-state index in [9.17, 15) is 24.0 Å². The van der Waals surface area contributed by atoms with Crippen LogP contribution in [-0.2, 0) is 38.2 Å². The van der Waals surface area contributed by atoms with E-state index in [1.165, 1.54) is 13.8 Å². The number of carbonyl (C=O) groups excluding carboxylic acids is 5. The quantitative estimate of drug-likeness (QED) is 0.154. The highest BCUT2D eigenvalue weighted by atomic mass is 32.1. The van der Waals surface area contributed by atoms with Gasteiger partial charge in [-0.25, -0.2) is 0 Å². The van der Waals surface area contributed by atoms with E-state index in [4.69, 9.17) is 19.9 Å². The molecule has 11 unspecified atom stereocenters. The van der Waals surface area contributed by atoms with Gasteiger partial charge in [0.2, 0.25) is 17.7 Å². The lowest BCUT2D eigenvalue weighted by Gasteiger charge is -2.45. The smallest absolute Gasteiger partial charge is 0.260 e. The maximum absolute atomic E-state index is 13.6. The van der Waals surface area contributed by atoms with E-state index >= 15 is 0 Å². The average Bonchev–Trinajstić information content (AvgIpc) is 3.02. The van der Waals surface area contributed by atoms with Gasteiger partial charge in [-0.2, -0.15) is 0 Å². The minimum atomic E-state index is -0.979. The highest BCUT2D eigenvalue weighted by molar-refractivity contribution is 7.78. The lowest BCUT2D eigenvalue weighted by atomic mass is 9.76. The molecule has 3 fully saturated rings. The lowest BCUT2D eigenvalue weighted by molar-refractivity contribution is -0.168. The van der Waals surface area contributed by atoms with Gasteiger partial charge in [0, 0.05) is 33.5 Å². The monoisotopic (exact) mass is 684 g/mol. The summed E-state index contributed by atoms with van der Waals surface area (Å²) in [5.74, 6) is -1.94. The Kier molecular flexibility index (Phi) is 13.9. The predicted molar refractivity (Wildman–Crippen MR) is 178 cm³/mol. The molecule has 268 valence electrons. The molecule has 5 amide bonds. The zero-order chi connectivity index (χ0) is 35.3. The molecule has 0 bridgehead atoms. The molecule has 3 aliphatic rings. The van der Waals surface area contributed by atoms with Gasteiger partial charge in [0.15, 0.2) is 12.2 Å². The number of carbonyl (C=O) groups is 5. The van der Waals surface area contributed by atoms with Crippen LogP contribution in [0.1, 0.15) is 62.3 Å². The Morgan fingerprint density at radius 3 is 1.38 bits per heavy atom. The van der Waals surface area contributed by atoms with Gasteiger partial charge in [0.1, 0.15) is 6.10 Å². The van der Waals surface area contributed by atoms with Crippen LogP contribution < -0.4 is 31.7 Å². The van der Waals surface area contributed by atoms with Crippen LogP contribution >= 0.6 is 12.8 Å². The van der Waals surface area contributed by atoms with Crippen LogP contribution in [0.5, 0.6) is 0 Å². The number of rotatable bonds is 10. The van der Waals surface area contributed by atoms with Gasteiger partial charge >= 0.3 is 0 Å². The van der Waals surface area contributed by atoms with Crippen LogP contribution in [0, 0.1) is 41.4 Å². The molecule has 0 aromatic carbocycles. The number of nitrogens with two attached hydrogens (primary N) is 1. The highest BCUT2D eigenvalue weighted by Crippen LogP contribution is 2.36. The molecule has 0 saturated carbocycles. The Morgan fingerprint density at radius 1 is 0.553 bits per heavy atom. The molecule has 3 rings (SSSR count). The molecule has 3 heterocycles. The summed E-state index contributed by atoms with van der Waals surface area (Å²) in [6, 6.07) is -1.08. The van der Waals surface area contributed by atoms with Crippen molar-refractivity contribution in [2.24, 2.45) is 47.2 Å². The van der Waals surface area contributed by atoms with Crippen LogP contribution in [0.25, 0.3) is 0 Å². The summed E-state index contributed by atoms with van der Waals surface area (Å²) in [6.45, 7) is 17.3. The van der Waals surface area contributed by atoms with Gasteiger partial charge < -0.3 is 45.9 Å². The fourth-order valence-corrected chi connectivity index (χ4v) is 7.37. The van der Waals surface area contributed by atoms with Crippen molar-refractivity contribution in [2.75, 3.05) is 19.6 Å². The van der Waals surface area contributed by atoms with Gasteiger partial charge in [-0.15, -0.1) is 0 Å². The molecule has 0 spiro atoms. The van der Waals surface area contributed by atoms with Crippen molar-refractivity contribution < 1.29 is 38.2 Å². The Morgan fingerprint density at radius 2 is 0.936 bits per heavy atom. The Labute approximate surface area is 284 Å². The SMILES string of the molecule is CC(=O)NC1C(C)C(C)C(CN)O[C@H]1C(=O)NC[C@H]1OC(C(=O)NC[C@H]2O[C@@H](C(=O)NS)C(NC(C)=O)C(C)C2C)C(C)C(C)C1C. The third-order valence-electron chi connectivity index (χ3n) is 11.1. The van der Waals surface area contributed by atoms with Crippen molar-refractivity contribution in [3.63, 3.8) is 0 Å². The molecule has 0 radical (unpaired) electrons. The Balaban J connectivity index is 1.67. The van der Waals surface area contributed by atoms with Crippen molar-refractivity contribution in [1.82, 2.24) is 26.0 Å². The average molecular weight is 685 g/mol. The lowest BCUT2D eigenvalue weighted by Crippen LogP contribution is -2.63. The molecular weight excluding hydrogens is 628 g/mol. The molecule has 0 aromatic rings. The largest absolute Gasteiger partial charge is 0.363 e. The zero-order valence-electron chi connectivity index (χ0n) is 29.1. The van der Waals surface area contributed by atoms with Gasteiger partial charge in [-0.05, 0) is 41.4 Å². The fraction of sp³-hybridized carbons (Fsp3) is 0.844. The molecule has 0 aliphatic carbocycles. The predicted octanol–water partition coefficient (Wildman–Crippen LogP) is -0.0972. The number of hydrogen-bond donors (Lipinski definition) is 7.